The fourth-order valence-electron chi connectivity index (χ4n) is 3.51. The molecule has 1 aliphatic heterocycles. The van der Waals surface area contributed by atoms with Crippen LogP contribution in [0.25, 0.3) is 0 Å². The molecule has 160 valence electrons. The first-order valence-electron chi connectivity index (χ1n) is 10.2. The van der Waals surface area contributed by atoms with Crippen LogP contribution in [0.15, 0.2) is 71.5 Å². The van der Waals surface area contributed by atoms with Crippen LogP contribution in [0.4, 0.5) is 5.69 Å². The van der Waals surface area contributed by atoms with Crippen LogP contribution in [0.3, 0.4) is 0 Å². The lowest BCUT2D eigenvalue weighted by molar-refractivity contribution is 0.0737. The molecule has 1 aliphatic rings. The number of hydrogen-bond donors (Lipinski definition) is 0. The van der Waals surface area contributed by atoms with E-state index >= 15 is 0 Å². The Labute approximate surface area is 185 Å². The molecule has 0 aliphatic carbocycles. The molecule has 2 aromatic carbocycles. The van der Waals surface area contributed by atoms with Gasteiger partial charge in [-0.15, -0.1) is 0 Å². The summed E-state index contributed by atoms with van der Waals surface area (Å²) in [7, 11) is 0. The van der Waals surface area contributed by atoms with Gasteiger partial charge >= 0.3 is 0 Å². The molecule has 0 radical (unpaired) electrons. The summed E-state index contributed by atoms with van der Waals surface area (Å²) in [6.07, 6.45) is 0. The zero-order valence-corrected chi connectivity index (χ0v) is 17.7. The van der Waals surface area contributed by atoms with Gasteiger partial charge < -0.3 is 14.5 Å². The van der Waals surface area contributed by atoms with Crippen molar-refractivity contribution >= 4 is 23.2 Å². The molecule has 4 rings (SSSR count). The molecule has 1 fully saturated rings. The summed E-state index contributed by atoms with van der Waals surface area (Å²) in [5.41, 5.74) is 0.962. The largest absolute Gasteiger partial charge is 0.492 e. The summed E-state index contributed by atoms with van der Waals surface area (Å²) < 4.78 is 6.91. The molecule has 7 nitrogen and oxygen atoms in total. The lowest BCUT2D eigenvalue weighted by atomic mass is 10.2. The minimum atomic E-state index is -0.267. The second-order valence-electron chi connectivity index (χ2n) is 7.17. The summed E-state index contributed by atoms with van der Waals surface area (Å²) >= 11 is 6.29. The Bertz CT molecular complexity index is 1100. The number of para-hydroxylation sites is 2. The number of halogens is 1. The van der Waals surface area contributed by atoms with Gasteiger partial charge in [0.1, 0.15) is 18.1 Å². The second kappa shape index (κ2) is 9.66. The average molecular weight is 439 g/mol. The summed E-state index contributed by atoms with van der Waals surface area (Å²) in [5, 5.41) is 4.97. The molecule has 0 saturated carbocycles. The molecule has 8 heteroatoms. The van der Waals surface area contributed by atoms with Crippen LogP contribution in [0.2, 0.25) is 5.02 Å². The first-order chi connectivity index (χ1) is 15.1. The normalized spacial score (nSPS) is 13.8. The van der Waals surface area contributed by atoms with Crippen molar-refractivity contribution in [2.75, 3.05) is 37.7 Å². The van der Waals surface area contributed by atoms with E-state index in [0.29, 0.717) is 31.2 Å². The number of nitrogens with zero attached hydrogens (tertiary/aromatic N) is 4. The van der Waals surface area contributed by atoms with Crippen molar-refractivity contribution in [3.05, 3.63) is 87.8 Å². The van der Waals surface area contributed by atoms with Crippen LogP contribution in [0, 0.1) is 0 Å². The Morgan fingerprint density at radius 3 is 2.39 bits per heavy atom. The molecular weight excluding hydrogens is 416 g/mol. The number of piperazine rings is 1. The third kappa shape index (κ3) is 5.06. The molecule has 1 aromatic heterocycles. The number of rotatable bonds is 6. The summed E-state index contributed by atoms with van der Waals surface area (Å²) in [5.74, 6) is 0.538. The van der Waals surface area contributed by atoms with Crippen LogP contribution in [-0.2, 0) is 6.54 Å². The summed E-state index contributed by atoms with van der Waals surface area (Å²) in [6, 6.07) is 19.9. The predicted molar refractivity (Wildman–Crippen MR) is 120 cm³/mol. The second-order valence-corrected chi connectivity index (χ2v) is 7.58. The topological polar surface area (TPSA) is 67.7 Å². The molecule has 0 unspecified atom stereocenters. The van der Waals surface area contributed by atoms with E-state index in [1.54, 1.807) is 4.90 Å². The molecule has 1 saturated heterocycles. The molecule has 2 heterocycles. The van der Waals surface area contributed by atoms with E-state index in [1.165, 1.54) is 16.8 Å². The molecule has 0 atom stereocenters. The van der Waals surface area contributed by atoms with Gasteiger partial charge in [0, 0.05) is 32.2 Å². The van der Waals surface area contributed by atoms with Crippen LogP contribution >= 0.6 is 11.6 Å². The highest BCUT2D eigenvalue weighted by Gasteiger charge is 2.24. The van der Waals surface area contributed by atoms with Gasteiger partial charge in [-0.1, -0.05) is 41.9 Å². The number of carbonyl (C=O) groups is 1. The Kier molecular flexibility index (Phi) is 6.52. The van der Waals surface area contributed by atoms with E-state index in [1.807, 2.05) is 54.6 Å². The van der Waals surface area contributed by atoms with Crippen LogP contribution in [-0.4, -0.2) is 53.4 Å². The highest BCUT2D eigenvalue weighted by molar-refractivity contribution is 6.33. The van der Waals surface area contributed by atoms with Crippen molar-refractivity contribution in [2.45, 2.75) is 6.54 Å². The van der Waals surface area contributed by atoms with Crippen molar-refractivity contribution in [1.29, 1.82) is 0 Å². The number of anilines is 1. The number of hydrogen-bond acceptors (Lipinski definition) is 5. The third-order valence-electron chi connectivity index (χ3n) is 5.16. The summed E-state index contributed by atoms with van der Waals surface area (Å²) in [6.45, 7) is 3.02. The van der Waals surface area contributed by atoms with Crippen molar-refractivity contribution in [2.24, 2.45) is 0 Å². The van der Waals surface area contributed by atoms with E-state index in [9.17, 15) is 9.59 Å². The highest BCUT2D eigenvalue weighted by Crippen LogP contribution is 2.26. The van der Waals surface area contributed by atoms with E-state index in [4.69, 9.17) is 16.3 Å². The van der Waals surface area contributed by atoms with Gasteiger partial charge in [0.05, 0.1) is 17.3 Å². The monoisotopic (exact) mass is 438 g/mol. The molecule has 0 bridgehead atoms. The fourth-order valence-corrected chi connectivity index (χ4v) is 3.77. The lowest BCUT2D eigenvalue weighted by Gasteiger charge is -2.36. The van der Waals surface area contributed by atoms with Gasteiger partial charge in [-0.05, 0) is 30.3 Å². The van der Waals surface area contributed by atoms with Gasteiger partial charge in [-0.2, -0.15) is 5.10 Å². The van der Waals surface area contributed by atoms with Crippen molar-refractivity contribution in [3.8, 4) is 5.75 Å². The maximum atomic E-state index is 12.9. The van der Waals surface area contributed by atoms with Gasteiger partial charge in [0.2, 0.25) is 0 Å². The molecular formula is C23H23ClN4O3. The quantitative estimate of drug-likeness (QED) is 0.592. The number of benzene rings is 2. The van der Waals surface area contributed by atoms with E-state index < -0.39 is 0 Å². The van der Waals surface area contributed by atoms with Crippen LogP contribution in [0.1, 0.15) is 10.5 Å². The van der Waals surface area contributed by atoms with E-state index in [-0.39, 0.29) is 30.3 Å². The van der Waals surface area contributed by atoms with E-state index in [0.717, 1.165) is 11.4 Å². The average Bonchev–Trinajstić information content (AvgIpc) is 2.81. The van der Waals surface area contributed by atoms with Crippen LogP contribution in [0.5, 0.6) is 5.75 Å². The highest BCUT2D eigenvalue weighted by atomic mass is 35.5. The molecule has 1 amide bonds. The van der Waals surface area contributed by atoms with Crippen LogP contribution < -0.4 is 15.2 Å². The Morgan fingerprint density at radius 1 is 0.935 bits per heavy atom. The smallest absolute Gasteiger partial charge is 0.274 e. The van der Waals surface area contributed by atoms with Crippen molar-refractivity contribution < 1.29 is 9.53 Å². The van der Waals surface area contributed by atoms with Gasteiger partial charge in [-0.3, -0.25) is 9.59 Å². The number of aromatic nitrogens is 2. The fraction of sp³-hybridized carbons (Fsp3) is 0.261. The standard InChI is InChI=1S/C23H23ClN4O3/c24-19-8-4-5-9-21(19)26-12-14-27(15-13-26)23(30)20-10-11-22(29)28(25-20)16-17-31-18-6-2-1-3-7-18/h1-11H,12-17H2. The third-order valence-corrected chi connectivity index (χ3v) is 5.48. The molecule has 0 spiro atoms. The maximum absolute atomic E-state index is 12.9. The Balaban J connectivity index is 1.37. The number of ether oxygens (including phenoxy) is 1. The first-order valence-corrected chi connectivity index (χ1v) is 10.5. The van der Waals surface area contributed by atoms with Crippen molar-refractivity contribution in [3.63, 3.8) is 0 Å². The van der Waals surface area contributed by atoms with E-state index in [2.05, 4.69) is 10.00 Å². The molecule has 3 aromatic rings. The predicted octanol–water partition coefficient (Wildman–Crippen LogP) is 2.94. The van der Waals surface area contributed by atoms with Gasteiger partial charge in [0.15, 0.2) is 0 Å². The van der Waals surface area contributed by atoms with Crippen molar-refractivity contribution in [1.82, 2.24) is 14.7 Å². The Morgan fingerprint density at radius 2 is 1.65 bits per heavy atom. The Hall–Kier alpha value is -3.32. The minimum absolute atomic E-state index is 0.184. The molecule has 0 N–H and O–H groups in total. The lowest BCUT2D eigenvalue weighted by Crippen LogP contribution is -2.49. The zero-order valence-electron chi connectivity index (χ0n) is 17.0. The number of carbonyl (C=O) groups excluding carboxylic acids is 1. The minimum Gasteiger partial charge on any atom is -0.492 e. The molecule has 31 heavy (non-hydrogen) atoms. The SMILES string of the molecule is O=C(c1ccc(=O)n(CCOc2ccccc2)n1)N1CCN(c2ccccc2Cl)CC1. The summed E-state index contributed by atoms with van der Waals surface area (Å²) in [4.78, 5) is 29.0. The maximum Gasteiger partial charge on any atom is 0.274 e. The number of amides is 1. The van der Waals surface area contributed by atoms with Gasteiger partial charge in [-0.25, -0.2) is 4.68 Å². The first kappa shape index (κ1) is 20.9. The van der Waals surface area contributed by atoms with Gasteiger partial charge in [0.25, 0.3) is 11.5 Å². The zero-order chi connectivity index (χ0) is 21.6.